The normalized spacial score (nSPS) is 10.7. The van der Waals surface area contributed by atoms with E-state index in [9.17, 15) is 4.39 Å². The van der Waals surface area contributed by atoms with Crippen molar-refractivity contribution in [3.8, 4) is 0 Å². The summed E-state index contributed by atoms with van der Waals surface area (Å²) in [6.07, 6.45) is 5.11. The monoisotopic (exact) mass is 255 g/mol. The van der Waals surface area contributed by atoms with Gasteiger partial charge in [0, 0.05) is 13.1 Å². The van der Waals surface area contributed by atoms with Crippen molar-refractivity contribution in [1.29, 1.82) is 0 Å². The van der Waals surface area contributed by atoms with Crippen LogP contribution in [0.4, 0.5) is 10.2 Å². The molecule has 5 heteroatoms. The zero-order valence-corrected chi connectivity index (χ0v) is 11.2. The Morgan fingerprint density at radius 3 is 2.61 bits per heavy atom. The fourth-order valence-electron chi connectivity index (χ4n) is 1.86. The molecule has 102 valence electrons. The maximum Gasteiger partial charge on any atom is 0.187 e. The lowest BCUT2D eigenvalue weighted by Crippen LogP contribution is -2.30. The molecule has 0 fully saturated rings. The minimum Gasteiger partial charge on any atom is -0.395 e. The van der Waals surface area contributed by atoms with E-state index in [0.29, 0.717) is 31.0 Å². The van der Waals surface area contributed by atoms with Crippen molar-refractivity contribution in [2.24, 2.45) is 0 Å². The summed E-state index contributed by atoms with van der Waals surface area (Å²) in [6, 6.07) is 0. The Hall–Kier alpha value is -1.23. The summed E-state index contributed by atoms with van der Waals surface area (Å²) in [4.78, 5) is 9.73. The number of aliphatic hydroxyl groups is 1. The lowest BCUT2D eigenvalue weighted by atomic mass is 10.2. The van der Waals surface area contributed by atoms with Crippen molar-refractivity contribution in [3.63, 3.8) is 0 Å². The first-order valence-corrected chi connectivity index (χ1v) is 6.59. The van der Waals surface area contributed by atoms with E-state index in [1.165, 1.54) is 6.33 Å². The molecule has 0 radical (unpaired) electrons. The van der Waals surface area contributed by atoms with E-state index in [2.05, 4.69) is 16.9 Å². The van der Waals surface area contributed by atoms with Crippen LogP contribution in [0.15, 0.2) is 6.33 Å². The van der Waals surface area contributed by atoms with Gasteiger partial charge in [-0.1, -0.05) is 26.7 Å². The average Bonchev–Trinajstić information content (AvgIpc) is 2.38. The van der Waals surface area contributed by atoms with Gasteiger partial charge in [-0.15, -0.1) is 0 Å². The van der Waals surface area contributed by atoms with Gasteiger partial charge >= 0.3 is 0 Å². The Kier molecular flexibility index (Phi) is 6.57. The van der Waals surface area contributed by atoms with Crippen LogP contribution in [0.1, 0.15) is 38.8 Å². The second-order valence-electron chi connectivity index (χ2n) is 4.23. The van der Waals surface area contributed by atoms with Gasteiger partial charge in [0.15, 0.2) is 11.6 Å². The highest BCUT2D eigenvalue weighted by Crippen LogP contribution is 2.18. The van der Waals surface area contributed by atoms with Crippen LogP contribution < -0.4 is 4.90 Å². The predicted molar refractivity (Wildman–Crippen MR) is 70.2 cm³/mol. The topological polar surface area (TPSA) is 49.2 Å². The Balaban J connectivity index is 2.83. The van der Waals surface area contributed by atoms with Gasteiger partial charge in [0.2, 0.25) is 0 Å². The van der Waals surface area contributed by atoms with E-state index in [0.717, 1.165) is 19.3 Å². The summed E-state index contributed by atoms with van der Waals surface area (Å²) in [6.45, 7) is 5.10. The molecule has 4 nitrogen and oxygen atoms in total. The van der Waals surface area contributed by atoms with Gasteiger partial charge in [-0.25, -0.2) is 14.4 Å². The summed E-state index contributed by atoms with van der Waals surface area (Å²) in [5, 5.41) is 9.06. The van der Waals surface area contributed by atoms with E-state index >= 15 is 0 Å². The number of rotatable bonds is 8. The highest BCUT2D eigenvalue weighted by atomic mass is 19.1. The number of anilines is 1. The first kappa shape index (κ1) is 14.8. The zero-order valence-electron chi connectivity index (χ0n) is 11.2. The molecule has 0 aliphatic heterocycles. The van der Waals surface area contributed by atoms with Gasteiger partial charge in [0.1, 0.15) is 6.33 Å². The van der Waals surface area contributed by atoms with Gasteiger partial charge in [0.05, 0.1) is 12.3 Å². The number of hydrogen-bond acceptors (Lipinski definition) is 4. The number of aliphatic hydroxyl groups excluding tert-OH is 1. The molecule has 1 aromatic heterocycles. The largest absolute Gasteiger partial charge is 0.395 e. The molecular formula is C13H22FN3O. The fraction of sp³-hybridized carbons (Fsp3) is 0.692. The van der Waals surface area contributed by atoms with Crippen LogP contribution in [0.5, 0.6) is 0 Å². The first-order chi connectivity index (χ1) is 8.74. The van der Waals surface area contributed by atoms with Gasteiger partial charge in [0.25, 0.3) is 0 Å². The van der Waals surface area contributed by atoms with Crippen LogP contribution in [0, 0.1) is 5.82 Å². The SMILES string of the molecule is CCCCCN(CCO)c1ncnc(CC)c1F. The molecule has 0 aromatic carbocycles. The van der Waals surface area contributed by atoms with Crippen LogP contribution in [0.2, 0.25) is 0 Å². The summed E-state index contributed by atoms with van der Waals surface area (Å²) >= 11 is 0. The molecule has 18 heavy (non-hydrogen) atoms. The zero-order chi connectivity index (χ0) is 13.4. The molecule has 1 heterocycles. The molecule has 1 N–H and O–H groups in total. The molecule has 1 aromatic rings. The third-order valence-electron chi connectivity index (χ3n) is 2.88. The Bertz CT molecular complexity index is 360. The van der Waals surface area contributed by atoms with Crippen LogP contribution in [0.25, 0.3) is 0 Å². The van der Waals surface area contributed by atoms with Gasteiger partial charge in [-0.3, -0.25) is 0 Å². The van der Waals surface area contributed by atoms with Crippen LogP contribution >= 0.6 is 0 Å². The molecule has 1 rings (SSSR count). The highest BCUT2D eigenvalue weighted by Gasteiger charge is 2.15. The second-order valence-corrected chi connectivity index (χ2v) is 4.23. The van der Waals surface area contributed by atoms with Crippen molar-refractivity contribution in [1.82, 2.24) is 9.97 Å². The molecule has 0 atom stereocenters. The van der Waals surface area contributed by atoms with Crippen LogP contribution in [-0.4, -0.2) is 34.8 Å². The van der Waals surface area contributed by atoms with Crippen molar-refractivity contribution >= 4 is 5.82 Å². The molecular weight excluding hydrogens is 233 g/mol. The van der Waals surface area contributed by atoms with Crippen molar-refractivity contribution in [2.45, 2.75) is 39.5 Å². The number of halogens is 1. The summed E-state index contributed by atoms with van der Waals surface area (Å²) in [5.41, 5.74) is 0.429. The summed E-state index contributed by atoms with van der Waals surface area (Å²) in [7, 11) is 0. The quantitative estimate of drug-likeness (QED) is 0.723. The Morgan fingerprint density at radius 2 is 2.00 bits per heavy atom. The lowest BCUT2D eigenvalue weighted by molar-refractivity contribution is 0.300. The number of hydrogen-bond donors (Lipinski definition) is 1. The van der Waals surface area contributed by atoms with E-state index in [1.807, 2.05) is 6.92 Å². The second kappa shape index (κ2) is 7.97. The molecule has 0 aliphatic carbocycles. The van der Waals surface area contributed by atoms with E-state index in [-0.39, 0.29) is 12.4 Å². The molecule has 0 saturated heterocycles. The standard InChI is InChI=1S/C13H22FN3O/c1-3-5-6-7-17(8-9-18)13-12(14)11(4-2)15-10-16-13/h10,18H,3-9H2,1-2H3. The highest BCUT2D eigenvalue weighted by molar-refractivity contribution is 5.40. The number of nitrogens with zero attached hydrogens (tertiary/aromatic N) is 3. The predicted octanol–water partition coefficient (Wildman–Crippen LogP) is 2.17. The lowest BCUT2D eigenvalue weighted by Gasteiger charge is -2.23. The first-order valence-electron chi connectivity index (χ1n) is 6.59. The van der Waals surface area contributed by atoms with Gasteiger partial charge in [-0.05, 0) is 12.8 Å². The van der Waals surface area contributed by atoms with Crippen LogP contribution in [0.3, 0.4) is 0 Å². The molecule has 0 saturated carbocycles. The summed E-state index contributed by atoms with van der Waals surface area (Å²) in [5.74, 6) is -0.0445. The minimum absolute atomic E-state index is 0.00295. The molecule has 0 unspecified atom stereocenters. The number of aromatic nitrogens is 2. The van der Waals surface area contributed by atoms with E-state index in [1.54, 1.807) is 4.90 Å². The van der Waals surface area contributed by atoms with Crippen molar-refractivity contribution < 1.29 is 9.50 Å². The van der Waals surface area contributed by atoms with E-state index < -0.39 is 0 Å². The minimum atomic E-state index is -0.357. The summed E-state index contributed by atoms with van der Waals surface area (Å²) < 4.78 is 14.1. The molecule has 0 aliphatic rings. The van der Waals surface area contributed by atoms with Crippen molar-refractivity contribution in [2.75, 3.05) is 24.6 Å². The Morgan fingerprint density at radius 1 is 1.22 bits per heavy atom. The molecule has 0 amide bonds. The molecule has 0 spiro atoms. The smallest absolute Gasteiger partial charge is 0.187 e. The molecule has 0 bridgehead atoms. The maximum absolute atomic E-state index is 14.1. The maximum atomic E-state index is 14.1. The average molecular weight is 255 g/mol. The Labute approximate surface area is 108 Å². The number of aryl methyl sites for hydroxylation is 1. The van der Waals surface area contributed by atoms with Gasteiger partial charge in [-0.2, -0.15) is 0 Å². The third kappa shape index (κ3) is 3.91. The fourth-order valence-corrected chi connectivity index (χ4v) is 1.86. The third-order valence-corrected chi connectivity index (χ3v) is 2.88. The van der Waals surface area contributed by atoms with Crippen LogP contribution in [-0.2, 0) is 6.42 Å². The van der Waals surface area contributed by atoms with Gasteiger partial charge < -0.3 is 10.0 Å². The van der Waals surface area contributed by atoms with Crippen molar-refractivity contribution in [3.05, 3.63) is 17.8 Å². The number of unbranched alkanes of at least 4 members (excludes halogenated alkanes) is 2. The van der Waals surface area contributed by atoms with E-state index in [4.69, 9.17) is 5.11 Å².